The lowest BCUT2D eigenvalue weighted by molar-refractivity contribution is -0.139. The van der Waals surface area contributed by atoms with Gasteiger partial charge in [-0.1, -0.05) is 29.5 Å². The Morgan fingerprint density at radius 3 is 2.58 bits per heavy atom. The zero-order valence-corrected chi connectivity index (χ0v) is 14.5. The third kappa shape index (κ3) is 4.04. The first kappa shape index (κ1) is 16.7. The predicted octanol–water partition coefficient (Wildman–Crippen LogP) is 1.47. The van der Waals surface area contributed by atoms with E-state index in [2.05, 4.69) is 39.0 Å². The van der Waals surface area contributed by atoms with Crippen LogP contribution in [0, 0.1) is 0 Å². The number of carbonyl (C=O) groups is 1. The number of aromatic amines is 1. The number of carbonyl (C=O) groups excluding carboxylic acids is 1. The zero-order chi connectivity index (χ0) is 16.9. The number of thiazole rings is 1. The van der Waals surface area contributed by atoms with E-state index in [4.69, 9.17) is 4.74 Å². The zero-order valence-electron chi connectivity index (χ0n) is 13.7. The topological polar surface area (TPSA) is 65.6 Å². The molecule has 1 saturated heterocycles. The fourth-order valence-electron chi connectivity index (χ4n) is 2.88. The maximum atomic E-state index is 11.6. The molecule has 1 fully saturated rings. The third-order valence-corrected chi connectivity index (χ3v) is 5.12. The van der Waals surface area contributed by atoms with E-state index in [1.165, 1.54) is 24.1 Å². The monoisotopic (exact) mass is 347 g/mol. The van der Waals surface area contributed by atoms with Gasteiger partial charge in [0.1, 0.15) is 0 Å². The maximum Gasteiger partial charge on any atom is 0.311 e. The first-order valence-electron chi connectivity index (χ1n) is 7.95. The lowest BCUT2D eigenvalue weighted by atomic mass is 10.2. The van der Waals surface area contributed by atoms with Crippen molar-refractivity contribution in [1.82, 2.24) is 9.88 Å². The minimum atomic E-state index is -0.334. The van der Waals surface area contributed by atoms with Crippen molar-refractivity contribution in [3.05, 3.63) is 50.6 Å². The largest absolute Gasteiger partial charge is 0.469 e. The highest BCUT2D eigenvalue weighted by atomic mass is 32.1. The van der Waals surface area contributed by atoms with Gasteiger partial charge in [-0.05, 0) is 12.1 Å². The summed E-state index contributed by atoms with van der Waals surface area (Å²) in [6, 6.07) is 10.4. The number of nitrogens with zero attached hydrogens (tertiary/aromatic N) is 2. The molecule has 2 aromatic rings. The molecule has 0 bridgehead atoms. The van der Waals surface area contributed by atoms with Crippen LogP contribution in [0.5, 0.6) is 0 Å². The lowest BCUT2D eigenvalue weighted by Crippen LogP contribution is -2.45. The molecular weight excluding hydrogens is 326 g/mol. The van der Waals surface area contributed by atoms with E-state index in [0.29, 0.717) is 12.2 Å². The predicted molar refractivity (Wildman–Crippen MR) is 94.6 cm³/mol. The summed E-state index contributed by atoms with van der Waals surface area (Å²) < 4.78 is 4.69. The Kier molecular flexibility index (Phi) is 5.32. The first-order valence-corrected chi connectivity index (χ1v) is 8.77. The molecule has 3 rings (SSSR count). The van der Waals surface area contributed by atoms with Gasteiger partial charge in [-0.3, -0.25) is 14.5 Å². The van der Waals surface area contributed by atoms with Crippen LogP contribution in [0.3, 0.4) is 0 Å². The van der Waals surface area contributed by atoms with Crippen molar-refractivity contribution in [3.8, 4) is 0 Å². The highest BCUT2D eigenvalue weighted by Crippen LogP contribution is 2.19. The molecule has 0 spiro atoms. The number of ether oxygens (including phenoxy) is 1. The van der Waals surface area contributed by atoms with Crippen LogP contribution in [0.2, 0.25) is 0 Å². The van der Waals surface area contributed by atoms with Crippen LogP contribution in [-0.2, 0) is 22.5 Å². The van der Waals surface area contributed by atoms with Gasteiger partial charge >= 0.3 is 10.8 Å². The fourth-order valence-corrected chi connectivity index (χ4v) is 3.78. The summed E-state index contributed by atoms with van der Waals surface area (Å²) in [4.78, 5) is 31.4. The number of hydrogen-bond donors (Lipinski definition) is 1. The molecule has 128 valence electrons. The second-order valence-corrected chi connectivity index (χ2v) is 6.84. The minimum Gasteiger partial charge on any atom is -0.469 e. The van der Waals surface area contributed by atoms with Crippen molar-refractivity contribution in [2.45, 2.75) is 13.0 Å². The van der Waals surface area contributed by atoms with Crippen molar-refractivity contribution in [1.29, 1.82) is 0 Å². The van der Waals surface area contributed by atoms with Crippen LogP contribution in [0.25, 0.3) is 0 Å². The van der Waals surface area contributed by atoms with Crippen LogP contribution in [0.1, 0.15) is 10.6 Å². The number of esters is 1. The molecule has 1 aliphatic heterocycles. The Labute approximate surface area is 144 Å². The first-order chi connectivity index (χ1) is 11.7. The van der Waals surface area contributed by atoms with Crippen LogP contribution in [0.4, 0.5) is 5.69 Å². The number of aromatic nitrogens is 1. The molecule has 0 saturated carbocycles. The molecule has 1 aliphatic rings. The van der Waals surface area contributed by atoms with Crippen LogP contribution < -0.4 is 9.77 Å². The molecule has 0 atom stereocenters. The molecule has 24 heavy (non-hydrogen) atoms. The smallest absolute Gasteiger partial charge is 0.311 e. The molecule has 0 amide bonds. The summed E-state index contributed by atoms with van der Waals surface area (Å²) >= 11 is 1.18. The SMILES string of the molecule is COC(=O)Cc1[nH]c(=O)sc1CN1CCN(c2ccccc2)CC1. The number of H-pyrrole nitrogens is 1. The van der Waals surface area contributed by atoms with Crippen LogP contribution in [-0.4, -0.2) is 49.1 Å². The summed E-state index contributed by atoms with van der Waals surface area (Å²) in [6.45, 7) is 4.46. The highest BCUT2D eigenvalue weighted by Gasteiger charge is 2.20. The van der Waals surface area contributed by atoms with E-state index in [0.717, 1.165) is 31.1 Å². The number of methoxy groups -OCH3 is 1. The van der Waals surface area contributed by atoms with Crippen molar-refractivity contribution in [3.63, 3.8) is 0 Å². The standard InChI is InChI=1S/C17H21N3O3S/c1-23-16(21)11-14-15(24-17(22)18-14)12-19-7-9-20(10-8-19)13-5-3-2-4-6-13/h2-6H,7-12H2,1H3,(H,18,22). The van der Waals surface area contributed by atoms with E-state index in [1.54, 1.807) is 0 Å². The fraction of sp³-hybridized carbons (Fsp3) is 0.412. The number of para-hydroxylation sites is 1. The summed E-state index contributed by atoms with van der Waals surface area (Å²) in [5, 5.41) is 0. The third-order valence-electron chi connectivity index (χ3n) is 4.22. The molecule has 1 aromatic carbocycles. The Hall–Kier alpha value is -2.12. The quantitative estimate of drug-likeness (QED) is 0.830. The molecular formula is C17H21N3O3S. The van der Waals surface area contributed by atoms with Crippen molar-refractivity contribution in [2.24, 2.45) is 0 Å². The molecule has 1 aromatic heterocycles. The van der Waals surface area contributed by atoms with Gasteiger partial charge in [-0.25, -0.2) is 0 Å². The van der Waals surface area contributed by atoms with E-state index in [-0.39, 0.29) is 17.3 Å². The van der Waals surface area contributed by atoms with Gasteiger partial charge in [0.25, 0.3) is 0 Å². The van der Waals surface area contributed by atoms with Gasteiger partial charge in [-0.15, -0.1) is 0 Å². The summed E-state index contributed by atoms with van der Waals surface area (Å²) in [6.07, 6.45) is 0.120. The Bertz CT molecular complexity index is 733. The molecule has 6 nitrogen and oxygen atoms in total. The van der Waals surface area contributed by atoms with Gasteiger partial charge in [0.15, 0.2) is 0 Å². The van der Waals surface area contributed by atoms with E-state index in [9.17, 15) is 9.59 Å². The maximum absolute atomic E-state index is 11.6. The molecule has 0 unspecified atom stereocenters. The number of hydrogen-bond acceptors (Lipinski definition) is 6. The second kappa shape index (κ2) is 7.63. The van der Waals surface area contributed by atoms with Gasteiger partial charge in [0.05, 0.1) is 13.5 Å². The average molecular weight is 347 g/mol. The molecule has 0 radical (unpaired) electrons. The highest BCUT2D eigenvalue weighted by molar-refractivity contribution is 7.09. The Morgan fingerprint density at radius 1 is 1.21 bits per heavy atom. The van der Waals surface area contributed by atoms with Crippen molar-refractivity contribution in [2.75, 3.05) is 38.2 Å². The van der Waals surface area contributed by atoms with Crippen molar-refractivity contribution < 1.29 is 9.53 Å². The lowest BCUT2D eigenvalue weighted by Gasteiger charge is -2.36. The Morgan fingerprint density at radius 2 is 1.92 bits per heavy atom. The average Bonchev–Trinajstić information content (AvgIpc) is 2.95. The Balaban J connectivity index is 1.60. The number of nitrogens with one attached hydrogen (secondary N) is 1. The molecule has 7 heteroatoms. The number of piperazine rings is 1. The number of benzene rings is 1. The molecule has 2 heterocycles. The number of rotatable bonds is 5. The van der Waals surface area contributed by atoms with Gasteiger partial charge in [-0.2, -0.15) is 0 Å². The number of anilines is 1. The van der Waals surface area contributed by atoms with Crippen LogP contribution in [0.15, 0.2) is 35.1 Å². The molecule has 1 N–H and O–H groups in total. The van der Waals surface area contributed by atoms with Crippen LogP contribution >= 0.6 is 11.3 Å². The normalized spacial score (nSPS) is 15.5. The summed E-state index contributed by atoms with van der Waals surface area (Å²) in [5.41, 5.74) is 1.93. The molecule has 0 aliphatic carbocycles. The van der Waals surface area contributed by atoms with Gasteiger partial charge in [0, 0.05) is 49.0 Å². The van der Waals surface area contributed by atoms with Gasteiger partial charge < -0.3 is 14.6 Å². The van der Waals surface area contributed by atoms with E-state index in [1.807, 2.05) is 6.07 Å². The second-order valence-electron chi connectivity index (χ2n) is 5.77. The minimum absolute atomic E-state index is 0.119. The summed E-state index contributed by atoms with van der Waals surface area (Å²) in [7, 11) is 1.36. The summed E-state index contributed by atoms with van der Waals surface area (Å²) in [5.74, 6) is -0.334. The van der Waals surface area contributed by atoms with Gasteiger partial charge in [0.2, 0.25) is 0 Å². The van der Waals surface area contributed by atoms with E-state index < -0.39 is 0 Å². The van der Waals surface area contributed by atoms with Crippen molar-refractivity contribution >= 4 is 23.0 Å². The van der Waals surface area contributed by atoms with E-state index >= 15 is 0 Å².